The summed E-state index contributed by atoms with van der Waals surface area (Å²) in [5.41, 5.74) is -0.850. The van der Waals surface area contributed by atoms with Crippen LogP contribution in [-0.4, -0.2) is 93.4 Å². The molecule has 3 N–H and O–H groups in total. The molecule has 0 unspecified atom stereocenters. The van der Waals surface area contributed by atoms with Gasteiger partial charge in [0, 0.05) is 29.4 Å². The first-order valence-electron chi connectivity index (χ1n) is 22.1. The van der Waals surface area contributed by atoms with E-state index in [0.29, 0.717) is 56.2 Å². The molecule has 2 aromatic heterocycles. The molecular formula is C45H50F3N7O8S. The summed E-state index contributed by atoms with van der Waals surface area (Å²) in [5, 5.41) is 9.40. The minimum atomic E-state index is -4.73. The molecule has 19 heteroatoms. The summed E-state index contributed by atoms with van der Waals surface area (Å²) < 4.78 is 84.5. The minimum Gasteiger partial charge on any atom is -0.472 e. The number of benzene rings is 2. The van der Waals surface area contributed by atoms with Crippen molar-refractivity contribution in [3.05, 3.63) is 71.8 Å². The zero-order chi connectivity index (χ0) is 45.0. The number of hydrogen-bond donors (Lipinski definition) is 3. The fraction of sp³-hybridized carbons (Fsp3) is 0.511. The third-order valence-corrected chi connectivity index (χ3v) is 14.8. The molecule has 64 heavy (non-hydrogen) atoms. The second-order valence-electron chi connectivity index (χ2n) is 17.8. The van der Waals surface area contributed by atoms with Crippen molar-refractivity contribution in [1.29, 1.82) is 0 Å². The first-order valence-corrected chi connectivity index (χ1v) is 23.6. The first-order chi connectivity index (χ1) is 30.6. The van der Waals surface area contributed by atoms with Crippen LogP contribution in [0.3, 0.4) is 0 Å². The van der Waals surface area contributed by atoms with Gasteiger partial charge >= 0.3 is 12.3 Å². The lowest BCUT2D eigenvalue weighted by molar-refractivity contribution is -0.141. The minimum absolute atomic E-state index is 0.00570. The standard InChI is InChI=1S/C45H50F3N7O8S/c1-26-16-18-27(19-17-26)35-23-37(55-39(49-35)32-13-9-14-33(38(32)52-55)45(46,47)48)62-30-22-36-40(56)51-44(42(58)53-64(60,61)31-20-21-31)24-28(44)10-5-3-2-4-6-15-34(41(57)54(36)25-30)50-43(59)63-29-11-7-8-12-29/h5,9-10,13-14,16-19,23,28-31,34,36H,2-4,6-8,11-12,15,20-22,24-25H2,1H3,(H,50,59)(H,51,56)(H,53,58)/b10-5-/t28-,30-,34+,36+,44-/m1/s1. The van der Waals surface area contributed by atoms with Crippen LogP contribution in [0.25, 0.3) is 27.8 Å². The highest BCUT2D eigenvalue weighted by atomic mass is 32.2. The highest BCUT2D eigenvalue weighted by Gasteiger charge is 2.62. The van der Waals surface area contributed by atoms with Crippen molar-refractivity contribution in [2.75, 3.05) is 6.54 Å². The van der Waals surface area contributed by atoms with Crippen LogP contribution in [0.2, 0.25) is 0 Å². The molecule has 3 saturated carbocycles. The van der Waals surface area contributed by atoms with Crippen molar-refractivity contribution in [1.82, 2.24) is 34.9 Å². The summed E-state index contributed by atoms with van der Waals surface area (Å²) in [6, 6.07) is 10.2. The summed E-state index contributed by atoms with van der Waals surface area (Å²) in [6.45, 7) is 1.71. The Morgan fingerprint density at radius 1 is 0.953 bits per heavy atom. The fourth-order valence-electron chi connectivity index (χ4n) is 9.22. The van der Waals surface area contributed by atoms with E-state index in [9.17, 15) is 40.8 Å². The molecule has 2 aliphatic heterocycles. The average molecular weight is 906 g/mol. The van der Waals surface area contributed by atoms with E-state index in [4.69, 9.17) is 14.5 Å². The van der Waals surface area contributed by atoms with Crippen molar-refractivity contribution in [3.63, 3.8) is 0 Å². The number of amides is 4. The normalized spacial score (nSPS) is 26.3. The van der Waals surface area contributed by atoms with Crippen LogP contribution in [0.1, 0.15) is 94.6 Å². The number of alkyl carbamates (subject to hydrolysis) is 1. The lowest BCUT2D eigenvalue weighted by Crippen LogP contribution is -2.58. The molecule has 5 aliphatic rings. The maximum Gasteiger partial charge on any atom is 0.418 e. The van der Waals surface area contributed by atoms with Crippen molar-refractivity contribution in [2.24, 2.45) is 5.92 Å². The molecule has 3 aliphatic carbocycles. The number of alkyl halides is 3. The molecular weight excluding hydrogens is 856 g/mol. The van der Waals surface area contributed by atoms with Gasteiger partial charge in [0.2, 0.25) is 27.7 Å². The second kappa shape index (κ2) is 17.0. The number of rotatable bonds is 8. The Kier molecular flexibility index (Phi) is 11.6. The Balaban J connectivity index is 1.08. The van der Waals surface area contributed by atoms with Crippen LogP contribution in [0, 0.1) is 12.8 Å². The van der Waals surface area contributed by atoms with Crippen molar-refractivity contribution in [2.45, 2.75) is 132 Å². The van der Waals surface area contributed by atoms with E-state index >= 15 is 0 Å². The average Bonchev–Trinajstić information content (AvgIpc) is 4.06. The Morgan fingerprint density at radius 3 is 2.44 bits per heavy atom. The Labute approximate surface area is 367 Å². The van der Waals surface area contributed by atoms with E-state index in [2.05, 4.69) is 20.5 Å². The SMILES string of the molecule is Cc1ccc(-c2cc(O[C@@H]3C[C@H]4C(=O)N[C@]5(C(=O)NS(=O)(=O)C6CC6)C[C@H]5/C=C\CCCCC[C@H](NC(=O)OC5CCCC5)C(=O)N4C3)n3nc4c(C(F)(F)F)cccc4c3n2)cc1. The van der Waals surface area contributed by atoms with Gasteiger partial charge in [-0.15, -0.1) is 0 Å². The van der Waals surface area contributed by atoms with Gasteiger partial charge in [0.25, 0.3) is 5.91 Å². The molecule has 0 spiro atoms. The van der Waals surface area contributed by atoms with Gasteiger partial charge in [-0.3, -0.25) is 19.1 Å². The quantitative estimate of drug-likeness (QED) is 0.170. The first kappa shape index (κ1) is 43.5. The lowest BCUT2D eigenvalue weighted by Gasteiger charge is -2.30. The summed E-state index contributed by atoms with van der Waals surface area (Å²) >= 11 is 0. The number of sulfonamides is 1. The number of nitrogens with one attached hydrogen (secondary N) is 3. The van der Waals surface area contributed by atoms with Gasteiger partial charge in [-0.05, 0) is 83.3 Å². The summed E-state index contributed by atoms with van der Waals surface area (Å²) in [6.07, 6.45) is 3.94. The monoisotopic (exact) mass is 905 g/mol. The second-order valence-corrected chi connectivity index (χ2v) is 19.7. The van der Waals surface area contributed by atoms with Gasteiger partial charge in [0.05, 0.1) is 23.1 Å². The smallest absolute Gasteiger partial charge is 0.418 e. The largest absolute Gasteiger partial charge is 0.472 e. The molecule has 0 radical (unpaired) electrons. The summed E-state index contributed by atoms with van der Waals surface area (Å²) in [4.78, 5) is 62.7. The number of nitrogens with zero attached hydrogens (tertiary/aromatic N) is 4. The molecule has 4 aromatic rings. The number of fused-ring (bicyclic) bond motifs is 5. The van der Waals surface area contributed by atoms with E-state index in [-0.39, 0.29) is 54.3 Å². The fourth-order valence-corrected chi connectivity index (χ4v) is 10.6. The lowest BCUT2D eigenvalue weighted by atomic mass is 10.0. The number of carbonyl (C=O) groups excluding carboxylic acids is 4. The Morgan fingerprint density at radius 2 is 1.70 bits per heavy atom. The molecule has 2 aromatic carbocycles. The van der Waals surface area contributed by atoms with E-state index in [1.165, 1.54) is 21.5 Å². The molecule has 0 bridgehead atoms. The predicted octanol–water partition coefficient (Wildman–Crippen LogP) is 6.27. The summed E-state index contributed by atoms with van der Waals surface area (Å²) in [7, 11) is -3.98. The maximum absolute atomic E-state index is 14.8. The Bertz CT molecular complexity index is 2630. The topological polar surface area (TPSA) is 190 Å². The van der Waals surface area contributed by atoms with Crippen LogP contribution >= 0.6 is 0 Å². The van der Waals surface area contributed by atoms with Crippen molar-refractivity contribution < 1.29 is 50.2 Å². The van der Waals surface area contributed by atoms with Crippen LogP contribution in [-0.2, 0) is 35.3 Å². The van der Waals surface area contributed by atoms with Crippen LogP contribution in [0.15, 0.2) is 60.7 Å². The van der Waals surface area contributed by atoms with Gasteiger partial charge in [-0.2, -0.15) is 22.8 Å². The van der Waals surface area contributed by atoms with E-state index < -0.39 is 80.5 Å². The molecule has 340 valence electrons. The summed E-state index contributed by atoms with van der Waals surface area (Å²) in [5.74, 6) is -2.72. The predicted molar refractivity (Wildman–Crippen MR) is 227 cm³/mol. The molecule has 4 fully saturated rings. The molecule has 4 heterocycles. The van der Waals surface area contributed by atoms with Gasteiger partial charge in [0.15, 0.2) is 5.65 Å². The number of halogens is 3. The van der Waals surface area contributed by atoms with Crippen LogP contribution in [0.4, 0.5) is 18.0 Å². The van der Waals surface area contributed by atoms with Gasteiger partial charge in [0.1, 0.15) is 35.3 Å². The Hall–Kier alpha value is -5.72. The van der Waals surface area contributed by atoms with Crippen molar-refractivity contribution in [3.8, 4) is 17.1 Å². The number of ether oxygens (including phenoxy) is 2. The zero-order valence-corrected chi connectivity index (χ0v) is 36.1. The van der Waals surface area contributed by atoms with Crippen LogP contribution in [0.5, 0.6) is 5.88 Å². The number of carbonyl (C=O) groups is 4. The van der Waals surface area contributed by atoms with Crippen LogP contribution < -0.4 is 20.1 Å². The number of aryl methyl sites for hydroxylation is 1. The van der Waals surface area contributed by atoms with Crippen molar-refractivity contribution >= 4 is 50.4 Å². The molecule has 4 amide bonds. The zero-order valence-electron chi connectivity index (χ0n) is 35.2. The molecule has 1 saturated heterocycles. The molecule has 9 rings (SSSR count). The van der Waals surface area contributed by atoms with E-state index in [0.717, 1.165) is 30.9 Å². The number of aromatic nitrogens is 3. The maximum atomic E-state index is 14.8. The number of allylic oxidation sites excluding steroid dienone is 1. The van der Waals surface area contributed by atoms with Gasteiger partial charge in [-0.25, -0.2) is 18.2 Å². The van der Waals surface area contributed by atoms with Gasteiger partial charge in [-0.1, -0.05) is 60.9 Å². The van der Waals surface area contributed by atoms with E-state index in [1.54, 1.807) is 6.07 Å². The van der Waals surface area contributed by atoms with Gasteiger partial charge < -0.3 is 25.0 Å². The number of hydrogen-bond acceptors (Lipinski definition) is 10. The molecule has 5 atom stereocenters. The molecule has 15 nitrogen and oxygen atoms in total. The third-order valence-electron chi connectivity index (χ3n) is 13.0. The van der Waals surface area contributed by atoms with E-state index in [1.807, 2.05) is 43.3 Å². The highest BCUT2D eigenvalue weighted by Crippen LogP contribution is 2.46. The highest BCUT2D eigenvalue weighted by molar-refractivity contribution is 7.91. The third kappa shape index (κ3) is 8.87.